The number of nitrogens with one attached hydrogen (secondary N) is 1. The van der Waals surface area contributed by atoms with Gasteiger partial charge in [0, 0.05) is 18.5 Å². The third-order valence-electron chi connectivity index (χ3n) is 5.18. The lowest BCUT2D eigenvalue weighted by Gasteiger charge is -2.35. The van der Waals surface area contributed by atoms with Gasteiger partial charge in [0.1, 0.15) is 11.6 Å². The minimum Gasteiger partial charge on any atom is -0.492 e. The molecule has 1 aromatic heterocycles. The average Bonchev–Trinajstić information content (AvgIpc) is 3.09. The molecular weight excluding hydrogens is 338 g/mol. The van der Waals surface area contributed by atoms with Crippen LogP contribution < -0.4 is 9.64 Å². The summed E-state index contributed by atoms with van der Waals surface area (Å²) < 4.78 is 6.20. The summed E-state index contributed by atoms with van der Waals surface area (Å²) in [5, 5.41) is 0. The molecule has 1 unspecified atom stereocenters. The summed E-state index contributed by atoms with van der Waals surface area (Å²) in [5.74, 6) is 1.73. The van der Waals surface area contributed by atoms with Crippen molar-refractivity contribution in [2.75, 3.05) is 11.5 Å². The first kappa shape index (κ1) is 17.6. The number of hydrogen-bond acceptors (Lipinski definition) is 3. The number of para-hydroxylation sites is 2. The second-order valence-electron chi connectivity index (χ2n) is 7.17. The Morgan fingerprint density at radius 3 is 2.85 bits per heavy atom. The van der Waals surface area contributed by atoms with Crippen LogP contribution in [-0.2, 0) is 11.2 Å². The zero-order valence-corrected chi connectivity index (χ0v) is 16.1. The van der Waals surface area contributed by atoms with Gasteiger partial charge in [-0.05, 0) is 50.5 Å². The van der Waals surface area contributed by atoms with E-state index < -0.39 is 0 Å². The number of nitrogens with zero attached hydrogens (tertiary/aromatic N) is 2. The maximum atomic E-state index is 12.2. The Balaban J connectivity index is 1.88. The molecule has 0 spiro atoms. The van der Waals surface area contributed by atoms with Crippen LogP contribution in [-0.4, -0.2) is 28.5 Å². The Kier molecular flexibility index (Phi) is 4.60. The van der Waals surface area contributed by atoms with Crippen LogP contribution >= 0.6 is 0 Å². The summed E-state index contributed by atoms with van der Waals surface area (Å²) in [5.41, 5.74) is 4.97. The zero-order valence-electron chi connectivity index (χ0n) is 16.1. The third-order valence-corrected chi connectivity index (χ3v) is 5.18. The van der Waals surface area contributed by atoms with Gasteiger partial charge in [0.05, 0.1) is 28.9 Å². The Morgan fingerprint density at radius 1 is 1.30 bits per heavy atom. The van der Waals surface area contributed by atoms with Crippen molar-refractivity contribution in [1.29, 1.82) is 0 Å². The minimum atomic E-state index is 0.0707. The van der Waals surface area contributed by atoms with Gasteiger partial charge in [0.15, 0.2) is 0 Å². The first-order valence-corrected chi connectivity index (χ1v) is 9.63. The highest BCUT2D eigenvalue weighted by Gasteiger charge is 2.30. The van der Waals surface area contributed by atoms with Crippen molar-refractivity contribution >= 4 is 22.6 Å². The van der Waals surface area contributed by atoms with E-state index in [9.17, 15) is 4.79 Å². The predicted octanol–water partition coefficient (Wildman–Crippen LogP) is 4.71. The number of carbonyl (C=O) groups is 1. The highest BCUT2D eigenvalue weighted by molar-refractivity contribution is 5.95. The summed E-state index contributed by atoms with van der Waals surface area (Å²) in [6.07, 6.45) is 2.75. The fraction of sp³-hybridized carbons (Fsp3) is 0.364. The van der Waals surface area contributed by atoms with E-state index in [1.165, 1.54) is 0 Å². The molecule has 27 heavy (non-hydrogen) atoms. The van der Waals surface area contributed by atoms with Gasteiger partial charge in [-0.1, -0.05) is 19.1 Å². The number of anilines is 1. The number of fused-ring (bicyclic) bond motifs is 2. The molecule has 1 atom stereocenters. The van der Waals surface area contributed by atoms with Crippen LogP contribution in [0.4, 0.5) is 5.69 Å². The fourth-order valence-corrected chi connectivity index (χ4v) is 3.92. The monoisotopic (exact) mass is 363 g/mol. The topological polar surface area (TPSA) is 58.2 Å². The molecular formula is C22H25N3O2. The van der Waals surface area contributed by atoms with Crippen LogP contribution in [0.3, 0.4) is 0 Å². The van der Waals surface area contributed by atoms with Gasteiger partial charge in [0.25, 0.3) is 0 Å². The molecule has 0 aliphatic carbocycles. The number of rotatable bonds is 4. The van der Waals surface area contributed by atoms with Crippen molar-refractivity contribution in [1.82, 2.24) is 9.97 Å². The van der Waals surface area contributed by atoms with Gasteiger partial charge in [-0.2, -0.15) is 0 Å². The van der Waals surface area contributed by atoms with E-state index in [-0.39, 0.29) is 11.9 Å². The highest BCUT2D eigenvalue weighted by atomic mass is 16.5. The lowest BCUT2D eigenvalue weighted by atomic mass is 9.93. The molecule has 1 aliphatic rings. The summed E-state index contributed by atoms with van der Waals surface area (Å²) in [6, 6.07) is 12.3. The number of imidazole rings is 1. The normalized spacial score (nSPS) is 16.4. The number of aromatic nitrogens is 2. The largest absolute Gasteiger partial charge is 0.492 e. The van der Waals surface area contributed by atoms with Crippen LogP contribution in [0.2, 0.25) is 0 Å². The van der Waals surface area contributed by atoms with Crippen LogP contribution in [0.25, 0.3) is 22.4 Å². The Morgan fingerprint density at radius 2 is 2.11 bits per heavy atom. The van der Waals surface area contributed by atoms with E-state index in [0.717, 1.165) is 58.7 Å². The first-order valence-electron chi connectivity index (χ1n) is 9.63. The summed E-state index contributed by atoms with van der Waals surface area (Å²) in [7, 11) is 0. The smallest absolute Gasteiger partial charge is 0.224 e. The molecule has 5 nitrogen and oxygen atoms in total. The molecule has 1 aliphatic heterocycles. The molecule has 0 saturated carbocycles. The van der Waals surface area contributed by atoms with Crippen LogP contribution in [0.5, 0.6) is 5.75 Å². The van der Waals surface area contributed by atoms with E-state index in [2.05, 4.69) is 18.8 Å². The molecule has 5 heteroatoms. The SMILES string of the molecule is CCCOc1c(-c2nc3ccccc3[nH]2)ccc2c1CCC(C)N2C(C)=O. The van der Waals surface area contributed by atoms with Gasteiger partial charge in [-0.15, -0.1) is 0 Å². The molecule has 4 rings (SSSR count). The van der Waals surface area contributed by atoms with Crippen LogP contribution in [0, 0.1) is 0 Å². The summed E-state index contributed by atoms with van der Waals surface area (Å²) in [6.45, 7) is 6.47. The highest BCUT2D eigenvalue weighted by Crippen LogP contribution is 2.42. The molecule has 2 heterocycles. The number of hydrogen-bond donors (Lipinski definition) is 1. The quantitative estimate of drug-likeness (QED) is 0.730. The minimum absolute atomic E-state index is 0.0707. The van der Waals surface area contributed by atoms with E-state index in [1.807, 2.05) is 41.3 Å². The average molecular weight is 363 g/mol. The number of ether oxygens (including phenoxy) is 1. The molecule has 140 valence electrons. The maximum Gasteiger partial charge on any atom is 0.224 e. The lowest BCUT2D eigenvalue weighted by molar-refractivity contribution is -0.117. The molecule has 3 aromatic rings. The van der Waals surface area contributed by atoms with Crippen molar-refractivity contribution in [2.24, 2.45) is 0 Å². The molecule has 1 N–H and O–H groups in total. The van der Waals surface area contributed by atoms with Gasteiger partial charge in [-0.25, -0.2) is 4.98 Å². The van der Waals surface area contributed by atoms with E-state index in [0.29, 0.717) is 6.61 Å². The van der Waals surface area contributed by atoms with Crippen LogP contribution in [0.1, 0.15) is 39.2 Å². The van der Waals surface area contributed by atoms with E-state index >= 15 is 0 Å². The number of benzene rings is 2. The van der Waals surface area contributed by atoms with Crippen molar-refractivity contribution < 1.29 is 9.53 Å². The van der Waals surface area contributed by atoms with E-state index in [1.54, 1.807) is 6.92 Å². The molecule has 0 fully saturated rings. The number of aromatic amines is 1. The van der Waals surface area contributed by atoms with Gasteiger partial charge < -0.3 is 14.6 Å². The van der Waals surface area contributed by atoms with Crippen molar-refractivity contribution in [3.05, 3.63) is 42.0 Å². The van der Waals surface area contributed by atoms with Crippen LogP contribution in [0.15, 0.2) is 36.4 Å². The van der Waals surface area contributed by atoms with Gasteiger partial charge in [0.2, 0.25) is 5.91 Å². The summed E-state index contributed by atoms with van der Waals surface area (Å²) in [4.78, 5) is 22.3. The lowest BCUT2D eigenvalue weighted by Crippen LogP contribution is -2.40. The Bertz CT molecular complexity index is 959. The summed E-state index contributed by atoms with van der Waals surface area (Å²) >= 11 is 0. The second kappa shape index (κ2) is 7.06. The third kappa shape index (κ3) is 3.07. The number of H-pyrrole nitrogens is 1. The van der Waals surface area contributed by atoms with E-state index in [4.69, 9.17) is 9.72 Å². The molecule has 0 bridgehead atoms. The van der Waals surface area contributed by atoms with Gasteiger partial charge >= 0.3 is 0 Å². The first-order chi connectivity index (χ1) is 13.1. The number of amides is 1. The maximum absolute atomic E-state index is 12.2. The molecule has 2 aromatic carbocycles. The molecule has 0 radical (unpaired) electrons. The Labute approximate surface area is 159 Å². The predicted molar refractivity (Wildman–Crippen MR) is 108 cm³/mol. The van der Waals surface area contributed by atoms with Gasteiger partial charge in [-0.3, -0.25) is 4.79 Å². The molecule has 0 saturated heterocycles. The standard InChI is InChI=1S/C22H25N3O2/c1-4-13-27-21-16-10-9-14(2)25(15(3)26)20(16)12-11-17(21)22-23-18-7-5-6-8-19(18)24-22/h5-8,11-12,14H,4,9-10,13H2,1-3H3,(H,23,24). The second-order valence-corrected chi connectivity index (χ2v) is 7.17. The molecule has 1 amide bonds. The van der Waals surface area contributed by atoms with Crippen molar-refractivity contribution in [2.45, 2.75) is 46.1 Å². The van der Waals surface area contributed by atoms with Crippen molar-refractivity contribution in [3.63, 3.8) is 0 Å². The zero-order chi connectivity index (χ0) is 19.0. The number of carbonyl (C=O) groups excluding carboxylic acids is 1. The van der Waals surface area contributed by atoms with Crippen molar-refractivity contribution in [3.8, 4) is 17.1 Å². The fourth-order valence-electron chi connectivity index (χ4n) is 3.92. The Hall–Kier alpha value is -2.82.